The lowest BCUT2D eigenvalue weighted by Gasteiger charge is -2.63. The molecule has 8 heteroatoms. The number of hydrogen-bond donors (Lipinski definition) is 1. The van der Waals surface area contributed by atoms with Gasteiger partial charge in [-0.15, -0.1) is 0 Å². The van der Waals surface area contributed by atoms with Crippen molar-refractivity contribution in [2.24, 2.45) is 10.8 Å². The molecule has 0 radical (unpaired) electrons. The van der Waals surface area contributed by atoms with Crippen molar-refractivity contribution in [3.05, 3.63) is 52.7 Å². The average molecular weight is 482 g/mol. The molecule has 0 spiro atoms. The molecule has 1 aromatic carbocycles. The molecule has 1 saturated heterocycles. The van der Waals surface area contributed by atoms with Crippen LogP contribution in [0.3, 0.4) is 0 Å². The molecule has 2 aromatic rings. The van der Waals surface area contributed by atoms with Crippen molar-refractivity contribution in [2.75, 3.05) is 38.1 Å². The first-order valence-electron chi connectivity index (χ1n) is 11.6. The van der Waals surface area contributed by atoms with E-state index in [9.17, 15) is 4.79 Å². The zero-order valence-electron chi connectivity index (χ0n) is 20.4. The van der Waals surface area contributed by atoms with Crippen LogP contribution in [0, 0.1) is 22.2 Å². The number of amides is 1. The van der Waals surface area contributed by atoms with Crippen LogP contribution in [0.4, 0.5) is 5.82 Å². The van der Waals surface area contributed by atoms with Crippen LogP contribution in [0.2, 0.25) is 5.02 Å². The van der Waals surface area contributed by atoms with Gasteiger partial charge in [0.25, 0.3) is 5.91 Å². The van der Waals surface area contributed by atoms with Gasteiger partial charge in [-0.1, -0.05) is 39.3 Å². The molecule has 1 N–H and O–H groups in total. The van der Waals surface area contributed by atoms with Crippen LogP contribution in [0.1, 0.15) is 43.6 Å². The zero-order chi connectivity index (χ0) is 24.7. The summed E-state index contributed by atoms with van der Waals surface area (Å²) in [6.45, 7) is 12.3. The Morgan fingerprint density at radius 1 is 1.15 bits per heavy atom. The highest BCUT2D eigenvalue weighted by Gasteiger charge is 2.64. The van der Waals surface area contributed by atoms with Crippen LogP contribution in [-0.4, -0.2) is 61.2 Å². The Balaban J connectivity index is 1.42. The molecule has 0 unspecified atom stereocenters. The Morgan fingerprint density at radius 2 is 1.82 bits per heavy atom. The number of nitriles is 1. The van der Waals surface area contributed by atoms with E-state index in [2.05, 4.69) is 60.9 Å². The third-order valence-corrected chi connectivity index (χ3v) is 7.58. The van der Waals surface area contributed by atoms with E-state index >= 15 is 0 Å². The van der Waals surface area contributed by atoms with Crippen molar-refractivity contribution >= 4 is 23.3 Å². The number of aromatic nitrogens is 1. The molecule has 2 heterocycles. The molecule has 4 rings (SSSR count). The molecule has 1 aromatic heterocycles. The third kappa shape index (κ3) is 4.45. The minimum atomic E-state index is -0.313. The normalized spacial score (nSPS) is 23.5. The Labute approximate surface area is 206 Å². The number of piperazine rings is 1. The number of benzene rings is 1. The van der Waals surface area contributed by atoms with Crippen LogP contribution in [-0.2, 0) is 0 Å². The van der Waals surface area contributed by atoms with Crippen LogP contribution in [0.5, 0.6) is 5.75 Å². The van der Waals surface area contributed by atoms with Gasteiger partial charge in [0.2, 0.25) is 0 Å². The number of carbonyl (C=O) groups excluding carboxylic acids is 1. The fourth-order valence-corrected chi connectivity index (χ4v) is 5.77. The maximum Gasteiger partial charge on any atom is 0.253 e. The highest BCUT2D eigenvalue weighted by atomic mass is 35.5. The minimum Gasteiger partial charge on any atom is -0.489 e. The number of ether oxygens (including phenoxy) is 1. The molecule has 1 saturated carbocycles. The van der Waals surface area contributed by atoms with E-state index in [-0.39, 0.29) is 28.9 Å². The fourth-order valence-electron chi connectivity index (χ4n) is 5.55. The van der Waals surface area contributed by atoms with Crippen molar-refractivity contribution in [1.82, 2.24) is 15.2 Å². The van der Waals surface area contributed by atoms with Gasteiger partial charge in [-0.2, -0.15) is 5.26 Å². The van der Waals surface area contributed by atoms with E-state index in [1.54, 1.807) is 24.4 Å². The van der Waals surface area contributed by atoms with Gasteiger partial charge in [0.05, 0.1) is 16.1 Å². The van der Waals surface area contributed by atoms with Gasteiger partial charge < -0.3 is 19.9 Å². The minimum absolute atomic E-state index is 0.0938. The number of nitrogens with zero attached hydrogens (tertiary/aromatic N) is 4. The summed E-state index contributed by atoms with van der Waals surface area (Å²) in [6, 6.07) is 10.8. The lowest BCUT2D eigenvalue weighted by Crippen LogP contribution is -2.74. The Morgan fingerprint density at radius 3 is 2.38 bits per heavy atom. The van der Waals surface area contributed by atoms with Crippen LogP contribution in [0.15, 0.2) is 36.5 Å². The molecular weight excluding hydrogens is 450 g/mol. The van der Waals surface area contributed by atoms with Crippen molar-refractivity contribution in [2.45, 2.75) is 39.8 Å². The van der Waals surface area contributed by atoms with Gasteiger partial charge in [-0.05, 0) is 31.3 Å². The van der Waals surface area contributed by atoms with Gasteiger partial charge in [0.1, 0.15) is 23.7 Å². The number of carbonyl (C=O) groups is 1. The van der Waals surface area contributed by atoms with Crippen molar-refractivity contribution in [3.63, 3.8) is 0 Å². The SMILES string of the molecule is CN1CCN(c2ccc(C(=O)NC3C(C)(C)C(Oc4ccc(C#N)c(Cl)c4)C3(C)C)cn2)CC1. The molecule has 1 aliphatic carbocycles. The largest absolute Gasteiger partial charge is 0.489 e. The smallest absolute Gasteiger partial charge is 0.253 e. The molecule has 0 bridgehead atoms. The molecule has 2 fully saturated rings. The van der Waals surface area contributed by atoms with E-state index in [0.29, 0.717) is 21.9 Å². The summed E-state index contributed by atoms with van der Waals surface area (Å²) in [4.78, 5) is 22.2. The van der Waals surface area contributed by atoms with Crippen LogP contribution in [0.25, 0.3) is 0 Å². The summed E-state index contributed by atoms with van der Waals surface area (Å²) in [6.07, 6.45) is 1.51. The fraction of sp³-hybridized carbons (Fsp3) is 0.500. The first kappa shape index (κ1) is 24.3. The predicted octanol–water partition coefficient (Wildman–Crippen LogP) is 3.97. The topological polar surface area (TPSA) is 81.5 Å². The summed E-state index contributed by atoms with van der Waals surface area (Å²) < 4.78 is 6.30. The third-order valence-electron chi connectivity index (χ3n) is 7.27. The number of hydrogen-bond acceptors (Lipinski definition) is 6. The molecule has 2 aliphatic rings. The van der Waals surface area contributed by atoms with Gasteiger partial charge in [0.15, 0.2) is 0 Å². The summed E-state index contributed by atoms with van der Waals surface area (Å²) in [7, 11) is 2.12. The van der Waals surface area contributed by atoms with Crippen molar-refractivity contribution < 1.29 is 9.53 Å². The molecule has 0 atom stereocenters. The van der Waals surface area contributed by atoms with Crippen molar-refractivity contribution in [3.8, 4) is 11.8 Å². The number of halogens is 1. The summed E-state index contributed by atoms with van der Waals surface area (Å²) in [5.74, 6) is 1.38. The van der Waals surface area contributed by atoms with Crippen molar-refractivity contribution in [1.29, 1.82) is 5.26 Å². The number of nitrogens with one attached hydrogen (secondary N) is 1. The number of rotatable bonds is 5. The van der Waals surface area contributed by atoms with Crippen LogP contribution >= 0.6 is 11.6 Å². The summed E-state index contributed by atoms with van der Waals surface area (Å²) >= 11 is 6.18. The van der Waals surface area contributed by atoms with E-state index in [1.807, 2.05) is 12.1 Å². The van der Waals surface area contributed by atoms with E-state index in [1.165, 1.54) is 0 Å². The Kier molecular flexibility index (Phi) is 6.50. The monoisotopic (exact) mass is 481 g/mol. The first-order valence-corrected chi connectivity index (χ1v) is 12.0. The molecule has 34 heavy (non-hydrogen) atoms. The van der Waals surface area contributed by atoms with Gasteiger partial charge in [0, 0.05) is 55.3 Å². The van der Waals surface area contributed by atoms with E-state index in [4.69, 9.17) is 21.6 Å². The second-order valence-corrected chi connectivity index (χ2v) is 10.9. The lowest BCUT2D eigenvalue weighted by molar-refractivity contribution is -0.164. The van der Waals surface area contributed by atoms with Gasteiger partial charge in [-0.3, -0.25) is 4.79 Å². The Hall–Kier alpha value is -2.82. The quantitative estimate of drug-likeness (QED) is 0.695. The highest BCUT2D eigenvalue weighted by molar-refractivity contribution is 6.31. The highest BCUT2D eigenvalue weighted by Crippen LogP contribution is 2.55. The molecule has 7 nitrogen and oxygen atoms in total. The lowest BCUT2D eigenvalue weighted by atomic mass is 9.49. The predicted molar refractivity (Wildman–Crippen MR) is 133 cm³/mol. The summed E-state index contributed by atoms with van der Waals surface area (Å²) in [5, 5.41) is 12.7. The molecule has 1 amide bonds. The first-order chi connectivity index (χ1) is 16.0. The Bertz CT molecular complexity index is 1090. The number of likely N-dealkylation sites (N-methyl/N-ethyl adjacent to an activating group) is 1. The second-order valence-electron chi connectivity index (χ2n) is 10.5. The van der Waals surface area contributed by atoms with E-state index in [0.717, 1.165) is 32.0 Å². The van der Waals surface area contributed by atoms with Gasteiger partial charge >= 0.3 is 0 Å². The molecule has 180 valence electrons. The molecular formula is C26H32ClN5O2. The molecule has 1 aliphatic heterocycles. The maximum absolute atomic E-state index is 13.1. The number of pyridine rings is 1. The number of anilines is 1. The summed E-state index contributed by atoms with van der Waals surface area (Å²) in [5.41, 5.74) is 0.339. The van der Waals surface area contributed by atoms with Crippen LogP contribution < -0.4 is 15.0 Å². The van der Waals surface area contributed by atoms with Gasteiger partial charge in [-0.25, -0.2) is 4.98 Å². The van der Waals surface area contributed by atoms with E-state index < -0.39 is 0 Å². The second kappa shape index (κ2) is 9.09. The maximum atomic E-state index is 13.1. The average Bonchev–Trinajstić information content (AvgIpc) is 2.81. The standard InChI is InChI=1S/C26H32ClN5O2/c1-25(2)23(26(3,4)24(25)34-19-8-6-17(15-28)20(27)14-19)30-22(33)18-7-9-21(29-16-18)32-12-10-31(5)11-13-32/h6-9,14,16,23-24H,10-13H2,1-5H3,(H,30,33). The zero-order valence-corrected chi connectivity index (χ0v) is 21.2.